The minimum Gasteiger partial charge on any atom is -0.324 e. The summed E-state index contributed by atoms with van der Waals surface area (Å²) < 4.78 is 3.37. The Bertz CT molecular complexity index is 929. The summed E-state index contributed by atoms with van der Waals surface area (Å²) in [6, 6.07) is 13.5. The van der Waals surface area contributed by atoms with E-state index in [2.05, 4.69) is 52.7 Å². The molecule has 0 radical (unpaired) electrons. The average Bonchev–Trinajstić information content (AvgIpc) is 3.06. The van der Waals surface area contributed by atoms with Gasteiger partial charge in [0.2, 0.25) is 11.1 Å². The van der Waals surface area contributed by atoms with Gasteiger partial charge in [-0.25, -0.2) is 0 Å². The molecule has 1 unspecified atom stereocenters. The Balaban J connectivity index is 1.72. The fourth-order valence-corrected chi connectivity index (χ4v) is 4.09. The van der Waals surface area contributed by atoms with Gasteiger partial charge in [0.1, 0.15) is 0 Å². The number of carbonyl (C=O) groups excluding carboxylic acids is 1. The number of nitrogens with one attached hydrogen (secondary N) is 1. The molecule has 0 bridgehead atoms. The third-order valence-electron chi connectivity index (χ3n) is 3.56. The number of halogens is 2. The number of tetrazole rings is 1. The van der Waals surface area contributed by atoms with Crippen LogP contribution in [0, 0.1) is 6.92 Å². The number of rotatable bonds is 5. The van der Waals surface area contributed by atoms with Gasteiger partial charge in [-0.15, -0.1) is 5.10 Å². The van der Waals surface area contributed by atoms with Crippen LogP contribution in [0.3, 0.4) is 0 Å². The van der Waals surface area contributed by atoms with Crippen molar-refractivity contribution in [3.05, 3.63) is 57.0 Å². The maximum Gasteiger partial charge on any atom is 0.237 e. The zero-order valence-electron chi connectivity index (χ0n) is 14.0. The fraction of sp³-hybridized carbons (Fsp3) is 0.176. The topological polar surface area (TPSA) is 72.7 Å². The first-order valence-corrected chi connectivity index (χ1v) is 10.2. The number of benzene rings is 2. The molecule has 0 aliphatic rings. The van der Waals surface area contributed by atoms with Crippen molar-refractivity contribution in [3.63, 3.8) is 0 Å². The maximum atomic E-state index is 12.5. The Morgan fingerprint density at radius 1 is 1.19 bits per heavy atom. The van der Waals surface area contributed by atoms with Gasteiger partial charge in [-0.1, -0.05) is 45.4 Å². The summed E-state index contributed by atoms with van der Waals surface area (Å²) in [4.78, 5) is 12.5. The van der Waals surface area contributed by atoms with Crippen LogP contribution in [0.5, 0.6) is 0 Å². The Morgan fingerprint density at radius 3 is 2.62 bits per heavy atom. The number of carbonyl (C=O) groups is 1. The van der Waals surface area contributed by atoms with E-state index in [-0.39, 0.29) is 11.2 Å². The quantitative estimate of drug-likeness (QED) is 0.522. The number of aryl methyl sites for hydroxylation is 1. The summed E-state index contributed by atoms with van der Waals surface area (Å²) in [6.07, 6.45) is 0. The third-order valence-corrected chi connectivity index (χ3v) is 5.74. The highest BCUT2D eigenvalue weighted by Crippen LogP contribution is 2.28. The number of anilines is 1. The van der Waals surface area contributed by atoms with Gasteiger partial charge >= 0.3 is 0 Å². The van der Waals surface area contributed by atoms with Gasteiger partial charge in [-0.3, -0.25) is 4.79 Å². The SMILES string of the molecule is Cc1ccc(-n2nnnc2SC(C)C(=O)Nc2ccc(Br)cc2Br)cc1. The van der Waals surface area contributed by atoms with E-state index < -0.39 is 0 Å². The van der Waals surface area contributed by atoms with E-state index in [1.165, 1.54) is 11.8 Å². The second-order valence-electron chi connectivity index (χ2n) is 5.58. The highest BCUT2D eigenvalue weighted by Gasteiger charge is 2.20. The number of hydrogen-bond donors (Lipinski definition) is 1. The summed E-state index contributed by atoms with van der Waals surface area (Å²) >= 11 is 8.14. The smallest absolute Gasteiger partial charge is 0.237 e. The molecule has 1 heterocycles. The van der Waals surface area contributed by atoms with Crippen LogP contribution < -0.4 is 5.32 Å². The van der Waals surface area contributed by atoms with Crippen molar-refractivity contribution < 1.29 is 4.79 Å². The summed E-state index contributed by atoms with van der Waals surface area (Å²) in [7, 11) is 0. The van der Waals surface area contributed by atoms with Gasteiger partial charge in [-0.2, -0.15) is 4.68 Å². The predicted octanol–water partition coefficient (Wildman–Crippen LogP) is 4.62. The number of nitrogens with zero attached hydrogens (tertiary/aromatic N) is 4. The van der Waals surface area contributed by atoms with Gasteiger partial charge in [0.15, 0.2) is 0 Å². The zero-order chi connectivity index (χ0) is 18.7. The van der Waals surface area contributed by atoms with Crippen molar-refractivity contribution in [2.24, 2.45) is 0 Å². The Hall–Kier alpha value is -1.71. The molecular weight excluding hydrogens is 482 g/mol. The minimum absolute atomic E-state index is 0.128. The first-order valence-electron chi connectivity index (χ1n) is 7.72. The first-order chi connectivity index (χ1) is 12.4. The van der Waals surface area contributed by atoms with Crippen LogP contribution in [-0.4, -0.2) is 31.4 Å². The second kappa shape index (κ2) is 8.32. The van der Waals surface area contributed by atoms with Crippen LogP contribution in [0.2, 0.25) is 0 Å². The minimum atomic E-state index is -0.374. The van der Waals surface area contributed by atoms with Crippen molar-refractivity contribution in [3.8, 4) is 5.69 Å². The lowest BCUT2D eigenvalue weighted by Crippen LogP contribution is -2.23. The monoisotopic (exact) mass is 495 g/mol. The highest BCUT2D eigenvalue weighted by molar-refractivity contribution is 9.11. The van der Waals surface area contributed by atoms with E-state index in [0.29, 0.717) is 10.8 Å². The second-order valence-corrected chi connectivity index (χ2v) is 8.66. The molecule has 9 heteroatoms. The number of thioether (sulfide) groups is 1. The molecule has 6 nitrogen and oxygen atoms in total. The molecule has 26 heavy (non-hydrogen) atoms. The number of aromatic nitrogens is 4. The van der Waals surface area contributed by atoms with Crippen molar-refractivity contribution in [1.29, 1.82) is 0 Å². The molecule has 1 aromatic heterocycles. The van der Waals surface area contributed by atoms with Crippen LogP contribution in [0.25, 0.3) is 5.69 Å². The van der Waals surface area contributed by atoms with Crippen LogP contribution in [-0.2, 0) is 4.79 Å². The molecule has 0 spiro atoms. The van der Waals surface area contributed by atoms with Crippen LogP contribution in [0.1, 0.15) is 12.5 Å². The van der Waals surface area contributed by atoms with E-state index in [1.54, 1.807) is 4.68 Å². The number of amides is 1. The molecule has 1 atom stereocenters. The number of hydrogen-bond acceptors (Lipinski definition) is 5. The van der Waals surface area contributed by atoms with Gasteiger partial charge in [0, 0.05) is 8.95 Å². The molecule has 1 N–H and O–H groups in total. The standard InChI is InChI=1S/C17H15Br2N5OS/c1-10-3-6-13(7-4-10)24-17(21-22-23-24)26-11(2)16(25)20-15-8-5-12(18)9-14(15)19/h3-9,11H,1-2H3,(H,20,25). The van der Waals surface area contributed by atoms with E-state index in [4.69, 9.17) is 0 Å². The van der Waals surface area contributed by atoms with Gasteiger partial charge in [0.05, 0.1) is 16.6 Å². The van der Waals surface area contributed by atoms with Crippen molar-refractivity contribution in [2.75, 3.05) is 5.32 Å². The van der Waals surface area contributed by atoms with E-state index in [0.717, 1.165) is 20.2 Å². The average molecular weight is 497 g/mol. The molecule has 3 aromatic rings. The van der Waals surface area contributed by atoms with Crippen molar-refractivity contribution >= 4 is 55.2 Å². The normalized spacial score (nSPS) is 12.0. The molecule has 2 aromatic carbocycles. The molecular formula is C17H15Br2N5OS. The molecule has 0 fully saturated rings. The molecule has 0 saturated carbocycles. The molecule has 1 amide bonds. The van der Waals surface area contributed by atoms with E-state index in [9.17, 15) is 4.79 Å². The van der Waals surface area contributed by atoms with Crippen LogP contribution in [0.15, 0.2) is 56.6 Å². The Morgan fingerprint density at radius 2 is 1.92 bits per heavy atom. The van der Waals surface area contributed by atoms with E-state index in [1.807, 2.05) is 56.3 Å². The molecule has 134 valence electrons. The van der Waals surface area contributed by atoms with Gasteiger partial charge in [0.25, 0.3) is 0 Å². The fourth-order valence-electron chi connectivity index (χ4n) is 2.14. The summed E-state index contributed by atoms with van der Waals surface area (Å²) in [5.74, 6) is -0.128. The Labute approximate surface area is 172 Å². The van der Waals surface area contributed by atoms with E-state index >= 15 is 0 Å². The molecule has 0 aliphatic heterocycles. The first kappa shape index (κ1) is 19.1. The van der Waals surface area contributed by atoms with Gasteiger partial charge < -0.3 is 5.32 Å². The van der Waals surface area contributed by atoms with Crippen LogP contribution in [0.4, 0.5) is 5.69 Å². The Kier molecular flexibility index (Phi) is 6.10. The predicted molar refractivity (Wildman–Crippen MR) is 110 cm³/mol. The lowest BCUT2D eigenvalue weighted by atomic mass is 10.2. The van der Waals surface area contributed by atoms with Crippen molar-refractivity contribution in [2.45, 2.75) is 24.3 Å². The summed E-state index contributed by atoms with van der Waals surface area (Å²) in [6.45, 7) is 3.84. The summed E-state index contributed by atoms with van der Waals surface area (Å²) in [5.41, 5.74) is 2.72. The lowest BCUT2D eigenvalue weighted by Gasteiger charge is -2.13. The van der Waals surface area contributed by atoms with Gasteiger partial charge in [-0.05, 0) is 70.5 Å². The highest BCUT2D eigenvalue weighted by atomic mass is 79.9. The van der Waals surface area contributed by atoms with Crippen LogP contribution >= 0.6 is 43.6 Å². The molecule has 0 saturated heterocycles. The largest absolute Gasteiger partial charge is 0.324 e. The third kappa shape index (κ3) is 4.52. The van der Waals surface area contributed by atoms with Crippen molar-refractivity contribution in [1.82, 2.24) is 20.2 Å². The maximum absolute atomic E-state index is 12.5. The molecule has 3 rings (SSSR count). The molecule has 0 aliphatic carbocycles. The summed E-state index contributed by atoms with van der Waals surface area (Å²) in [5, 5.41) is 14.9. The zero-order valence-corrected chi connectivity index (χ0v) is 18.0. The lowest BCUT2D eigenvalue weighted by molar-refractivity contribution is -0.115.